The van der Waals surface area contributed by atoms with Gasteiger partial charge in [0.1, 0.15) is 0 Å². The van der Waals surface area contributed by atoms with E-state index in [2.05, 4.69) is 0 Å². The molecule has 1 aromatic rings. The molecule has 0 fully saturated rings. The van der Waals surface area contributed by atoms with E-state index in [1.807, 2.05) is 35.2 Å². The molecule has 0 aliphatic rings. The molecule has 0 saturated heterocycles. The van der Waals surface area contributed by atoms with Gasteiger partial charge in [-0.25, -0.2) is 4.57 Å². The Morgan fingerprint density at radius 3 is 2.12 bits per heavy atom. The van der Waals surface area contributed by atoms with E-state index in [0.717, 1.165) is 6.92 Å². The number of hydrogen-bond donors (Lipinski definition) is 0. The number of carboxylic acids is 1. The standard InChI is InChI=1S/C9H12NO2.C2H4O2/c1-9(11)12-8-7-10-5-3-2-4-6-10;1-2(3)4/h2-6H,7-8H2,1H3;1H3,(H,3,4)/q+1;/p-1. The van der Waals surface area contributed by atoms with E-state index in [1.54, 1.807) is 0 Å². The summed E-state index contributed by atoms with van der Waals surface area (Å²) in [6, 6.07) is 5.82. The van der Waals surface area contributed by atoms with Crippen LogP contribution in [0.15, 0.2) is 30.6 Å². The molecule has 1 aromatic heterocycles. The van der Waals surface area contributed by atoms with Crippen molar-refractivity contribution in [3.05, 3.63) is 30.6 Å². The molecular formula is C11H15NO4. The molecule has 0 bridgehead atoms. The van der Waals surface area contributed by atoms with Gasteiger partial charge in [-0.2, -0.15) is 0 Å². The number of rotatable bonds is 3. The Kier molecular flexibility index (Phi) is 7.40. The summed E-state index contributed by atoms with van der Waals surface area (Å²) in [7, 11) is 0. The van der Waals surface area contributed by atoms with E-state index < -0.39 is 5.97 Å². The minimum Gasteiger partial charge on any atom is -0.550 e. The number of carbonyl (C=O) groups is 2. The highest BCUT2D eigenvalue weighted by molar-refractivity contribution is 5.65. The van der Waals surface area contributed by atoms with Crippen LogP contribution in [-0.2, 0) is 20.9 Å². The van der Waals surface area contributed by atoms with Gasteiger partial charge in [0.15, 0.2) is 25.5 Å². The summed E-state index contributed by atoms with van der Waals surface area (Å²) in [6.45, 7) is 3.53. The van der Waals surface area contributed by atoms with Crippen LogP contribution in [0.1, 0.15) is 13.8 Å². The second-order valence-corrected chi connectivity index (χ2v) is 2.94. The third-order valence-electron chi connectivity index (χ3n) is 1.43. The quantitative estimate of drug-likeness (QED) is 0.503. The monoisotopic (exact) mass is 225 g/mol. The van der Waals surface area contributed by atoms with Crippen LogP contribution in [0.3, 0.4) is 0 Å². The minimum absolute atomic E-state index is 0.230. The van der Waals surface area contributed by atoms with Crippen molar-refractivity contribution in [2.24, 2.45) is 0 Å². The van der Waals surface area contributed by atoms with E-state index in [1.165, 1.54) is 6.92 Å². The Labute approximate surface area is 94.3 Å². The molecule has 1 rings (SSSR count). The molecule has 0 radical (unpaired) electrons. The summed E-state index contributed by atoms with van der Waals surface area (Å²) in [5, 5.41) is 8.89. The molecule has 0 unspecified atom stereocenters. The van der Waals surface area contributed by atoms with Gasteiger partial charge in [-0.1, -0.05) is 6.07 Å². The van der Waals surface area contributed by atoms with Gasteiger partial charge in [0.2, 0.25) is 0 Å². The summed E-state index contributed by atoms with van der Waals surface area (Å²) in [5.74, 6) is -1.31. The minimum atomic E-state index is -1.08. The molecule has 16 heavy (non-hydrogen) atoms. The van der Waals surface area contributed by atoms with Crippen molar-refractivity contribution in [2.75, 3.05) is 6.61 Å². The lowest BCUT2D eigenvalue weighted by molar-refractivity contribution is -0.697. The average Bonchev–Trinajstić information content (AvgIpc) is 2.18. The predicted molar refractivity (Wildman–Crippen MR) is 54.0 cm³/mol. The van der Waals surface area contributed by atoms with Crippen LogP contribution in [0, 0.1) is 0 Å². The maximum atomic E-state index is 10.4. The molecule has 5 nitrogen and oxygen atoms in total. The molecule has 0 atom stereocenters. The SMILES string of the molecule is CC(=O)OCC[n+]1ccccc1.CC(=O)[O-]. The van der Waals surface area contributed by atoms with Crippen molar-refractivity contribution in [1.29, 1.82) is 0 Å². The molecule has 0 aliphatic carbocycles. The van der Waals surface area contributed by atoms with Crippen LogP contribution in [0.4, 0.5) is 0 Å². The summed E-state index contributed by atoms with van der Waals surface area (Å²) in [5.41, 5.74) is 0. The number of ether oxygens (including phenoxy) is 1. The molecule has 0 aromatic carbocycles. The van der Waals surface area contributed by atoms with Gasteiger partial charge in [-0.05, 0) is 6.92 Å². The Bertz CT molecular complexity index is 320. The molecule has 0 N–H and O–H groups in total. The summed E-state index contributed by atoms with van der Waals surface area (Å²) in [4.78, 5) is 19.3. The number of carbonyl (C=O) groups excluding carboxylic acids is 2. The topological polar surface area (TPSA) is 70.3 Å². The van der Waals surface area contributed by atoms with Crippen LogP contribution in [0.25, 0.3) is 0 Å². The first-order valence-electron chi connectivity index (χ1n) is 4.77. The van der Waals surface area contributed by atoms with Crippen LogP contribution in [-0.4, -0.2) is 18.5 Å². The van der Waals surface area contributed by atoms with E-state index in [-0.39, 0.29) is 5.97 Å². The molecular weight excluding hydrogens is 210 g/mol. The molecule has 0 saturated carbocycles. The van der Waals surface area contributed by atoms with E-state index in [0.29, 0.717) is 13.2 Å². The number of carboxylic acid groups (broad SMARTS) is 1. The van der Waals surface area contributed by atoms with E-state index in [4.69, 9.17) is 14.6 Å². The fourth-order valence-electron chi connectivity index (χ4n) is 0.878. The number of aliphatic carboxylic acids is 1. The lowest BCUT2D eigenvalue weighted by atomic mass is 10.5. The van der Waals surface area contributed by atoms with Crippen LogP contribution in [0.5, 0.6) is 0 Å². The van der Waals surface area contributed by atoms with Gasteiger partial charge in [-0.15, -0.1) is 0 Å². The van der Waals surface area contributed by atoms with Crippen molar-refractivity contribution in [2.45, 2.75) is 20.4 Å². The van der Waals surface area contributed by atoms with Crippen molar-refractivity contribution in [1.82, 2.24) is 0 Å². The zero-order valence-corrected chi connectivity index (χ0v) is 9.38. The Morgan fingerprint density at radius 2 is 1.69 bits per heavy atom. The van der Waals surface area contributed by atoms with Crippen LogP contribution in [0.2, 0.25) is 0 Å². The lowest BCUT2D eigenvalue weighted by Gasteiger charge is -1.97. The largest absolute Gasteiger partial charge is 0.550 e. The summed E-state index contributed by atoms with van der Waals surface area (Å²) in [6.07, 6.45) is 3.87. The molecule has 0 amide bonds. The predicted octanol–water partition coefficient (Wildman–Crippen LogP) is -0.707. The van der Waals surface area contributed by atoms with E-state index >= 15 is 0 Å². The fourth-order valence-corrected chi connectivity index (χ4v) is 0.878. The zero-order chi connectivity index (χ0) is 12.4. The van der Waals surface area contributed by atoms with Gasteiger partial charge in [0.05, 0.1) is 0 Å². The Hall–Kier alpha value is -1.91. The number of nitrogens with zero attached hydrogens (tertiary/aromatic N) is 1. The number of aromatic nitrogens is 1. The number of esters is 1. The Morgan fingerprint density at radius 1 is 1.19 bits per heavy atom. The second-order valence-electron chi connectivity index (χ2n) is 2.94. The number of hydrogen-bond acceptors (Lipinski definition) is 4. The summed E-state index contributed by atoms with van der Waals surface area (Å²) >= 11 is 0. The van der Waals surface area contributed by atoms with Crippen LogP contribution < -0.4 is 9.67 Å². The average molecular weight is 225 g/mol. The normalized spacial score (nSPS) is 8.62. The first-order valence-corrected chi connectivity index (χ1v) is 4.77. The molecule has 1 heterocycles. The van der Waals surface area contributed by atoms with E-state index in [9.17, 15) is 4.79 Å². The van der Waals surface area contributed by atoms with Crippen LogP contribution >= 0.6 is 0 Å². The highest BCUT2D eigenvalue weighted by Crippen LogP contribution is 1.79. The highest BCUT2D eigenvalue weighted by atomic mass is 16.5. The summed E-state index contributed by atoms with van der Waals surface area (Å²) < 4.78 is 6.75. The molecule has 0 aliphatic heterocycles. The third kappa shape index (κ3) is 10.2. The van der Waals surface area contributed by atoms with Crippen molar-refractivity contribution >= 4 is 11.9 Å². The lowest BCUT2D eigenvalue weighted by Crippen LogP contribution is -2.35. The van der Waals surface area contributed by atoms with Gasteiger partial charge < -0.3 is 14.6 Å². The smallest absolute Gasteiger partial charge is 0.302 e. The first kappa shape index (κ1) is 14.1. The van der Waals surface area contributed by atoms with Crippen molar-refractivity contribution in [3.63, 3.8) is 0 Å². The zero-order valence-electron chi connectivity index (χ0n) is 9.38. The Balaban J connectivity index is 0.000000487. The fraction of sp³-hybridized carbons (Fsp3) is 0.364. The molecule has 0 spiro atoms. The van der Waals surface area contributed by atoms with Gasteiger partial charge in [-0.3, -0.25) is 4.79 Å². The molecule has 88 valence electrons. The maximum Gasteiger partial charge on any atom is 0.302 e. The maximum absolute atomic E-state index is 10.4. The first-order chi connectivity index (χ1) is 7.52. The number of pyridine rings is 1. The van der Waals surface area contributed by atoms with Crippen molar-refractivity contribution in [3.8, 4) is 0 Å². The third-order valence-corrected chi connectivity index (χ3v) is 1.43. The van der Waals surface area contributed by atoms with Gasteiger partial charge in [0, 0.05) is 25.0 Å². The van der Waals surface area contributed by atoms with Crippen molar-refractivity contribution < 1.29 is 24.0 Å². The van der Waals surface area contributed by atoms with Gasteiger partial charge in [0.25, 0.3) is 0 Å². The highest BCUT2D eigenvalue weighted by Gasteiger charge is 1.98. The van der Waals surface area contributed by atoms with Gasteiger partial charge >= 0.3 is 5.97 Å². The molecule has 5 heteroatoms. The second kappa shape index (κ2) is 8.40.